The SMILES string of the molecule is Cc1c(Cl)cccc1NC(=O)C(C)(C)CN. The van der Waals surface area contributed by atoms with Crippen LogP contribution in [0.5, 0.6) is 0 Å². The second kappa shape index (κ2) is 4.85. The predicted octanol–water partition coefficient (Wildman–Crippen LogP) is 2.57. The normalized spacial score (nSPS) is 11.3. The first kappa shape index (κ1) is 13.0. The quantitative estimate of drug-likeness (QED) is 0.853. The van der Waals surface area contributed by atoms with Crippen LogP contribution >= 0.6 is 11.6 Å². The zero-order valence-electron chi connectivity index (χ0n) is 9.80. The molecule has 1 aromatic carbocycles. The van der Waals surface area contributed by atoms with Gasteiger partial charge in [-0.1, -0.05) is 17.7 Å². The largest absolute Gasteiger partial charge is 0.329 e. The van der Waals surface area contributed by atoms with Crippen molar-refractivity contribution in [2.75, 3.05) is 11.9 Å². The number of halogens is 1. The van der Waals surface area contributed by atoms with Crippen molar-refractivity contribution < 1.29 is 4.79 Å². The highest BCUT2D eigenvalue weighted by Crippen LogP contribution is 2.25. The van der Waals surface area contributed by atoms with Gasteiger partial charge in [0.2, 0.25) is 5.91 Å². The molecule has 0 saturated carbocycles. The molecule has 0 atom stereocenters. The van der Waals surface area contributed by atoms with Gasteiger partial charge >= 0.3 is 0 Å². The molecule has 0 radical (unpaired) electrons. The van der Waals surface area contributed by atoms with E-state index in [0.717, 1.165) is 11.3 Å². The number of nitrogens with two attached hydrogens (primary N) is 1. The summed E-state index contributed by atoms with van der Waals surface area (Å²) in [6.45, 7) is 5.79. The molecule has 0 bridgehead atoms. The van der Waals surface area contributed by atoms with Gasteiger partial charge in [0.25, 0.3) is 0 Å². The molecule has 88 valence electrons. The molecule has 0 fully saturated rings. The summed E-state index contributed by atoms with van der Waals surface area (Å²) < 4.78 is 0. The van der Waals surface area contributed by atoms with Crippen LogP contribution in [0.3, 0.4) is 0 Å². The van der Waals surface area contributed by atoms with Crippen LogP contribution in [0, 0.1) is 12.3 Å². The molecule has 0 aliphatic heterocycles. The van der Waals surface area contributed by atoms with Crippen molar-refractivity contribution in [1.82, 2.24) is 0 Å². The molecule has 0 unspecified atom stereocenters. The van der Waals surface area contributed by atoms with Crippen LogP contribution < -0.4 is 11.1 Å². The standard InChI is InChI=1S/C12H17ClN2O/c1-8-9(13)5-4-6-10(8)15-11(16)12(2,3)7-14/h4-6H,7,14H2,1-3H3,(H,15,16). The van der Waals surface area contributed by atoms with E-state index in [1.54, 1.807) is 12.1 Å². The second-order valence-electron chi connectivity index (χ2n) is 4.45. The van der Waals surface area contributed by atoms with Gasteiger partial charge < -0.3 is 11.1 Å². The monoisotopic (exact) mass is 240 g/mol. The first-order chi connectivity index (χ1) is 7.38. The maximum absolute atomic E-state index is 11.9. The van der Waals surface area contributed by atoms with E-state index in [0.29, 0.717) is 11.6 Å². The van der Waals surface area contributed by atoms with E-state index < -0.39 is 5.41 Å². The highest BCUT2D eigenvalue weighted by atomic mass is 35.5. The average Bonchev–Trinajstić information content (AvgIpc) is 2.24. The van der Waals surface area contributed by atoms with Crippen LogP contribution in [0.4, 0.5) is 5.69 Å². The maximum atomic E-state index is 11.9. The van der Waals surface area contributed by atoms with E-state index in [4.69, 9.17) is 17.3 Å². The minimum Gasteiger partial charge on any atom is -0.329 e. The lowest BCUT2D eigenvalue weighted by Crippen LogP contribution is -2.37. The van der Waals surface area contributed by atoms with Crippen molar-refractivity contribution in [2.45, 2.75) is 20.8 Å². The highest BCUT2D eigenvalue weighted by molar-refractivity contribution is 6.31. The number of amides is 1. The topological polar surface area (TPSA) is 55.1 Å². The molecule has 1 rings (SSSR count). The van der Waals surface area contributed by atoms with E-state index >= 15 is 0 Å². The van der Waals surface area contributed by atoms with Gasteiger partial charge in [0.1, 0.15) is 0 Å². The Balaban J connectivity index is 2.90. The number of benzene rings is 1. The molecular weight excluding hydrogens is 224 g/mol. The number of hydrogen-bond donors (Lipinski definition) is 2. The third kappa shape index (κ3) is 2.74. The molecule has 1 amide bonds. The third-order valence-electron chi connectivity index (χ3n) is 2.64. The first-order valence-electron chi connectivity index (χ1n) is 5.15. The molecule has 16 heavy (non-hydrogen) atoms. The lowest BCUT2D eigenvalue weighted by atomic mass is 9.92. The van der Waals surface area contributed by atoms with Crippen LogP contribution in [0.2, 0.25) is 5.02 Å². The van der Waals surface area contributed by atoms with Gasteiger partial charge in [-0.3, -0.25) is 4.79 Å². The smallest absolute Gasteiger partial charge is 0.231 e. The molecule has 0 aromatic heterocycles. The highest BCUT2D eigenvalue weighted by Gasteiger charge is 2.26. The van der Waals surface area contributed by atoms with Crippen LogP contribution in [0.15, 0.2) is 18.2 Å². The molecule has 3 nitrogen and oxygen atoms in total. The van der Waals surface area contributed by atoms with Gasteiger partial charge in [-0.15, -0.1) is 0 Å². The fraction of sp³-hybridized carbons (Fsp3) is 0.417. The number of anilines is 1. The van der Waals surface area contributed by atoms with E-state index in [2.05, 4.69) is 5.32 Å². The number of nitrogens with one attached hydrogen (secondary N) is 1. The van der Waals surface area contributed by atoms with Crippen molar-refractivity contribution >= 4 is 23.2 Å². The van der Waals surface area contributed by atoms with Gasteiger partial charge in [-0.2, -0.15) is 0 Å². The molecule has 0 aliphatic rings. The van der Waals surface area contributed by atoms with Gasteiger partial charge in [0, 0.05) is 17.3 Å². The molecular formula is C12H17ClN2O. The average molecular weight is 241 g/mol. The summed E-state index contributed by atoms with van der Waals surface area (Å²) in [6.07, 6.45) is 0. The fourth-order valence-electron chi connectivity index (χ4n) is 1.13. The Kier molecular flexibility index (Phi) is 3.94. The van der Waals surface area contributed by atoms with Gasteiger partial charge in [0.05, 0.1) is 5.41 Å². The van der Waals surface area contributed by atoms with Crippen molar-refractivity contribution in [3.63, 3.8) is 0 Å². The van der Waals surface area contributed by atoms with Crippen LogP contribution in [-0.4, -0.2) is 12.5 Å². The Morgan fingerprint density at radius 2 is 2.12 bits per heavy atom. The van der Waals surface area contributed by atoms with Crippen molar-refractivity contribution in [1.29, 1.82) is 0 Å². The zero-order chi connectivity index (χ0) is 12.3. The summed E-state index contributed by atoms with van der Waals surface area (Å²) in [7, 11) is 0. The summed E-state index contributed by atoms with van der Waals surface area (Å²) in [5, 5.41) is 3.48. The number of rotatable bonds is 3. The lowest BCUT2D eigenvalue weighted by molar-refractivity contribution is -0.123. The summed E-state index contributed by atoms with van der Waals surface area (Å²) >= 11 is 5.97. The van der Waals surface area contributed by atoms with E-state index in [9.17, 15) is 4.79 Å². The Morgan fingerprint density at radius 3 is 2.69 bits per heavy atom. The van der Waals surface area contributed by atoms with E-state index in [1.165, 1.54) is 0 Å². The van der Waals surface area contributed by atoms with Crippen molar-refractivity contribution in [2.24, 2.45) is 11.1 Å². The zero-order valence-corrected chi connectivity index (χ0v) is 10.6. The second-order valence-corrected chi connectivity index (χ2v) is 4.86. The summed E-state index contributed by atoms with van der Waals surface area (Å²) in [6, 6.07) is 5.42. The number of carbonyl (C=O) groups is 1. The van der Waals surface area contributed by atoms with Gasteiger partial charge in [0.15, 0.2) is 0 Å². The first-order valence-corrected chi connectivity index (χ1v) is 5.53. The number of carbonyl (C=O) groups excluding carboxylic acids is 1. The van der Waals surface area contributed by atoms with Crippen LogP contribution in [0.25, 0.3) is 0 Å². The Morgan fingerprint density at radius 1 is 1.50 bits per heavy atom. The third-order valence-corrected chi connectivity index (χ3v) is 3.05. The molecule has 0 aliphatic carbocycles. The molecule has 0 heterocycles. The summed E-state index contributed by atoms with van der Waals surface area (Å²) in [4.78, 5) is 11.9. The lowest BCUT2D eigenvalue weighted by Gasteiger charge is -2.22. The van der Waals surface area contributed by atoms with E-state index in [-0.39, 0.29) is 5.91 Å². The summed E-state index contributed by atoms with van der Waals surface area (Å²) in [5.74, 6) is -0.0969. The fourth-order valence-corrected chi connectivity index (χ4v) is 1.30. The summed E-state index contributed by atoms with van der Waals surface area (Å²) in [5.41, 5.74) is 6.57. The Labute approximate surface area is 101 Å². The van der Waals surface area contributed by atoms with Crippen molar-refractivity contribution in [3.05, 3.63) is 28.8 Å². The molecule has 3 N–H and O–H groups in total. The molecule has 1 aromatic rings. The van der Waals surface area contributed by atoms with Gasteiger partial charge in [-0.25, -0.2) is 0 Å². The minimum absolute atomic E-state index is 0.0969. The maximum Gasteiger partial charge on any atom is 0.231 e. The Bertz CT molecular complexity index is 402. The van der Waals surface area contributed by atoms with Crippen LogP contribution in [0.1, 0.15) is 19.4 Å². The van der Waals surface area contributed by atoms with Crippen LogP contribution in [-0.2, 0) is 4.79 Å². The Hall–Kier alpha value is -1.06. The predicted molar refractivity (Wildman–Crippen MR) is 67.7 cm³/mol. The minimum atomic E-state index is -0.575. The van der Waals surface area contributed by atoms with Crippen molar-refractivity contribution in [3.8, 4) is 0 Å². The van der Waals surface area contributed by atoms with Gasteiger partial charge in [-0.05, 0) is 38.5 Å². The molecule has 4 heteroatoms. The van der Waals surface area contributed by atoms with E-state index in [1.807, 2.05) is 26.8 Å². The number of hydrogen-bond acceptors (Lipinski definition) is 2. The molecule has 0 saturated heterocycles. The molecule has 0 spiro atoms.